The van der Waals surface area contributed by atoms with Gasteiger partial charge in [0, 0.05) is 36.4 Å². The summed E-state index contributed by atoms with van der Waals surface area (Å²) in [6, 6.07) is 3.57. The highest BCUT2D eigenvalue weighted by atomic mass is 32.2. The lowest BCUT2D eigenvalue weighted by Crippen LogP contribution is -2.09. The number of H-pyrrole nitrogens is 1. The number of hydrogen-bond donors (Lipinski definition) is 1. The summed E-state index contributed by atoms with van der Waals surface area (Å²) < 4.78 is 57.1. The highest BCUT2D eigenvalue weighted by Crippen LogP contribution is 2.42. The van der Waals surface area contributed by atoms with Crippen molar-refractivity contribution < 1.29 is 17.6 Å². The highest BCUT2D eigenvalue weighted by molar-refractivity contribution is 7.97. The van der Waals surface area contributed by atoms with Crippen molar-refractivity contribution >= 4 is 22.9 Å². The molecule has 1 aliphatic heterocycles. The van der Waals surface area contributed by atoms with Gasteiger partial charge in [0.1, 0.15) is 5.82 Å². The third-order valence-corrected chi connectivity index (χ3v) is 5.27. The van der Waals surface area contributed by atoms with Crippen molar-refractivity contribution in [1.29, 1.82) is 0 Å². The molecule has 0 spiro atoms. The maximum atomic E-state index is 14.4. The van der Waals surface area contributed by atoms with Crippen molar-refractivity contribution in [3.63, 3.8) is 0 Å². The Morgan fingerprint density at radius 1 is 1.08 bits per heavy atom. The van der Waals surface area contributed by atoms with Gasteiger partial charge in [0.2, 0.25) is 0 Å². The van der Waals surface area contributed by atoms with Crippen molar-refractivity contribution in [3.05, 3.63) is 42.0 Å². The van der Waals surface area contributed by atoms with E-state index in [-0.39, 0.29) is 22.3 Å². The fourth-order valence-corrected chi connectivity index (χ4v) is 4.13. The van der Waals surface area contributed by atoms with E-state index in [1.165, 1.54) is 30.4 Å². The fraction of sp³-hybridized carbons (Fsp3) is 0.294. The van der Waals surface area contributed by atoms with Crippen LogP contribution in [0.2, 0.25) is 0 Å². The van der Waals surface area contributed by atoms with E-state index in [9.17, 15) is 17.6 Å². The van der Waals surface area contributed by atoms with E-state index in [2.05, 4.69) is 19.3 Å². The molecule has 4 rings (SSSR count). The van der Waals surface area contributed by atoms with Crippen LogP contribution in [0.1, 0.15) is 18.4 Å². The zero-order valence-electron chi connectivity index (χ0n) is 13.5. The molecule has 1 N–H and O–H groups in total. The normalized spacial score (nSPS) is 15.8. The van der Waals surface area contributed by atoms with E-state index in [1.807, 2.05) is 0 Å². The predicted octanol–water partition coefficient (Wildman–Crippen LogP) is 4.89. The van der Waals surface area contributed by atoms with E-state index in [4.69, 9.17) is 0 Å². The monoisotopic (exact) mass is 382 g/mol. The molecule has 136 valence electrons. The molecule has 0 aliphatic carbocycles. The average Bonchev–Trinajstić information content (AvgIpc) is 3.25. The van der Waals surface area contributed by atoms with Gasteiger partial charge in [0.25, 0.3) is 0 Å². The van der Waals surface area contributed by atoms with E-state index >= 15 is 0 Å². The Bertz CT molecular complexity index is 933. The molecule has 0 atom stereocenters. The minimum absolute atomic E-state index is 0.0298. The van der Waals surface area contributed by atoms with Crippen LogP contribution >= 0.6 is 11.9 Å². The second kappa shape index (κ2) is 6.55. The van der Waals surface area contributed by atoms with E-state index in [1.54, 1.807) is 6.07 Å². The summed E-state index contributed by atoms with van der Waals surface area (Å²) in [6.07, 6.45) is 0.156. The number of nitrogens with zero attached hydrogens (tertiary/aromatic N) is 3. The van der Waals surface area contributed by atoms with Gasteiger partial charge in [-0.2, -0.15) is 13.2 Å². The van der Waals surface area contributed by atoms with Crippen molar-refractivity contribution in [2.75, 3.05) is 13.1 Å². The lowest BCUT2D eigenvalue weighted by molar-refractivity contribution is -0.137. The number of aromatic nitrogens is 3. The molecular formula is C17H14F4N4S. The molecule has 4 nitrogen and oxygen atoms in total. The minimum atomic E-state index is -4.72. The van der Waals surface area contributed by atoms with Crippen molar-refractivity contribution in [1.82, 2.24) is 19.3 Å². The molecule has 3 heterocycles. The SMILES string of the molecule is Fc1cc(C(F)(F)F)c(-c2ncccn2)c2cc(SN3CCCC3)[nH]c12. The van der Waals surface area contributed by atoms with Crippen LogP contribution in [-0.2, 0) is 6.18 Å². The molecule has 26 heavy (non-hydrogen) atoms. The average molecular weight is 382 g/mol. The lowest BCUT2D eigenvalue weighted by atomic mass is 10.0. The third kappa shape index (κ3) is 3.16. The number of aromatic amines is 1. The number of alkyl halides is 3. The lowest BCUT2D eigenvalue weighted by Gasteiger charge is -2.13. The molecule has 0 bridgehead atoms. The van der Waals surface area contributed by atoms with Crippen LogP contribution in [0.4, 0.5) is 17.6 Å². The maximum Gasteiger partial charge on any atom is 0.417 e. The first-order valence-corrected chi connectivity index (χ1v) is 8.83. The van der Waals surface area contributed by atoms with Gasteiger partial charge in [-0.1, -0.05) is 0 Å². The number of nitrogens with one attached hydrogen (secondary N) is 1. The number of benzene rings is 1. The zero-order valence-corrected chi connectivity index (χ0v) is 14.3. The second-order valence-electron chi connectivity index (χ2n) is 6.00. The van der Waals surface area contributed by atoms with Crippen LogP contribution < -0.4 is 0 Å². The molecule has 0 saturated carbocycles. The summed E-state index contributed by atoms with van der Waals surface area (Å²) in [4.78, 5) is 10.8. The minimum Gasteiger partial charge on any atom is -0.346 e. The quantitative estimate of drug-likeness (QED) is 0.518. The number of rotatable bonds is 3. The first-order chi connectivity index (χ1) is 12.4. The Morgan fingerprint density at radius 3 is 2.42 bits per heavy atom. The summed E-state index contributed by atoms with van der Waals surface area (Å²) in [7, 11) is 0. The summed E-state index contributed by atoms with van der Waals surface area (Å²) in [6.45, 7) is 1.79. The van der Waals surface area contributed by atoms with Gasteiger partial charge in [0.15, 0.2) is 5.82 Å². The number of halogens is 4. The van der Waals surface area contributed by atoms with Gasteiger partial charge in [-0.05, 0) is 43.0 Å². The Kier molecular flexibility index (Phi) is 4.36. The summed E-state index contributed by atoms with van der Waals surface area (Å²) in [5, 5.41) is 0.725. The number of fused-ring (bicyclic) bond motifs is 1. The van der Waals surface area contributed by atoms with Crippen molar-refractivity contribution in [3.8, 4) is 11.4 Å². The third-order valence-electron chi connectivity index (χ3n) is 4.23. The van der Waals surface area contributed by atoms with Gasteiger partial charge >= 0.3 is 6.18 Å². The van der Waals surface area contributed by atoms with Crippen LogP contribution in [0.25, 0.3) is 22.3 Å². The van der Waals surface area contributed by atoms with Crippen LogP contribution in [0.15, 0.2) is 35.6 Å². The Balaban J connectivity index is 1.91. The molecule has 1 fully saturated rings. The van der Waals surface area contributed by atoms with Gasteiger partial charge in [-0.15, -0.1) is 0 Å². The fourth-order valence-electron chi connectivity index (χ4n) is 3.09. The molecule has 9 heteroatoms. The molecule has 2 aromatic heterocycles. The van der Waals surface area contributed by atoms with Crippen LogP contribution in [-0.4, -0.2) is 32.3 Å². The molecule has 1 aromatic carbocycles. The van der Waals surface area contributed by atoms with Gasteiger partial charge in [0.05, 0.1) is 16.1 Å². The molecular weight excluding hydrogens is 368 g/mol. The Labute approximate surface area is 150 Å². The van der Waals surface area contributed by atoms with Gasteiger partial charge < -0.3 is 4.98 Å². The molecule has 0 radical (unpaired) electrons. The molecule has 0 unspecified atom stereocenters. The summed E-state index contributed by atoms with van der Waals surface area (Å²) in [5.41, 5.74) is -1.26. The second-order valence-corrected chi connectivity index (χ2v) is 7.14. The molecule has 0 amide bonds. The standard InChI is InChI=1S/C17H14F4N4S/c18-12-9-11(17(19,20)21)14(16-22-4-3-5-23-16)10-8-13(24-15(10)12)26-25-6-1-2-7-25/h3-5,8-9,24H,1-2,6-7H2. The smallest absolute Gasteiger partial charge is 0.346 e. The van der Waals surface area contributed by atoms with Crippen LogP contribution in [0, 0.1) is 5.82 Å². The summed E-state index contributed by atoms with van der Waals surface area (Å²) in [5.74, 6) is -1.03. The molecule has 1 saturated heterocycles. The number of hydrogen-bond acceptors (Lipinski definition) is 4. The maximum absolute atomic E-state index is 14.4. The van der Waals surface area contributed by atoms with Crippen LogP contribution in [0.5, 0.6) is 0 Å². The zero-order chi connectivity index (χ0) is 18.3. The first-order valence-electron chi connectivity index (χ1n) is 8.06. The van der Waals surface area contributed by atoms with E-state index in [0.29, 0.717) is 11.1 Å². The van der Waals surface area contributed by atoms with Crippen molar-refractivity contribution in [2.45, 2.75) is 24.0 Å². The first kappa shape index (κ1) is 17.3. The molecule has 1 aliphatic rings. The van der Waals surface area contributed by atoms with Gasteiger partial charge in [-0.25, -0.2) is 18.7 Å². The largest absolute Gasteiger partial charge is 0.417 e. The highest BCUT2D eigenvalue weighted by Gasteiger charge is 2.37. The summed E-state index contributed by atoms with van der Waals surface area (Å²) >= 11 is 1.39. The molecule has 3 aromatic rings. The van der Waals surface area contributed by atoms with E-state index in [0.717, 1.165) is 25.9 Å². The Hall–Kier alpha value is -2.13. The van der Waals surface area contributed by atoms with Crippen molar-refractivity contribution in [2.24, 2.45) is 0 Å². The Morgan fingerprint density at radius 2 is 1.77 bits per heavy atom. The predicted molar refractivity (Wildman–Crippen MR) is 90.9 cm³/mol. The van der Waals surface area contributed by atoms with Gasteiger partial charge in [-0.3, -0.25) is 0 Å². The van der Waals surface area contributed by atoms with E-state index < -0.39 is 17.6 Å². The topological polar surface area (TPSA) is 44.8 Å². The van der Waals surface area contributed by atoms with Crippen LogP contribution in [0.3, 0.4) is 0 Å².